The van der Waals surface area contributed by atoms with Gasteiger partial charge in [0.25, 0.3) is 0 Å². The molecular formula is C18H14F4O6. The molecule has 0 aliphatic heterocycles. The van der Waals surface area contributed by atoms with Crippen LogP contribution in [-0.2, 0) is 11.3 Å². The Kier molecular flexibility index (Phi) is 7.33. The third-order valence-corrected chi connectivity index (χ3v) is 3.40. The first-order chi connectivity index (χ1) is 13.3. The van der Waals surface area contributed by atoms with E-state index in [1.165, 1.54) is 24.3 Å². The van der Waals surface area contributed by atoms with E-state index in [0.29, 0.717) is 11.6 Å². The second-order valence-electron chi connectivity index (χ2n) is 5.27. The predicted octanol–water partition coefficient (Wildman–Crippen LogP) is 3.42. The summed E-state index contributed by atoms with van der Waals surface area (Å²) < 4.78 is 62.6. The number of benzene rings is 2. The van der Waals surface area contributed by atoms with Crippen molar-refractivity contribution < 1.29 is 46.5 Å². The molecule has 0 heterocycles. The molecule has 28 heavy (non-hydrogen) atoms. The fourth-order valence-electron chi connectivity index (χ4n) is 2.14. The number of rotatable bonds is 9. The Hall–Kier alpha value is -3.14. The number of ether oxygens (including phenoxy) is 3. The largest absolute Gasteiger partial charge is 0.454 e. The van der Waals surface area contributed by atoms with Crippen LogP contribution in [0.2, 0.25) is 0 Å². The highest BCUT2D eigenvalue weighted by atomic mass is 19.3. The van der Waals surface area contributed by atoms with Gasteiger partial charge in [0.05, 0.1) is 17.7 Å². The number of esters is 1. The zero-order valence-electron chi connectivity index (χ0n) is 14.1. The number of aliphatic hydroxyl groups excluding tert-OH is 1. The highest BCUT2D eigenvalue weighted by Crippen LogP contribution is 2.28. The van der Waals surface area contributed by atoms with E-state index in [2.05, 4.69) is 9.47 Å². The molecule has 0 spiro atoms. The normalized spacial score (nSPS) is 10.8. The number of carbonyl (C=O) groups is 2. The Balaban J connectivity index is 2.10. The minimum atomic E-state index is -3.32. The number of carbonyl (C=O) groups excluding carboxylic acids is 2. The van der Waals surface area contributed by atoms with Crippen molar-refractivity contribution in [3.63, 3.8) is 0 Å². The van der Waals surface area contributed by atoms with Gasteiger partial charge in [-0.25, -0.2) is 4.79 Å². The van der Waals surface area contributed by atoms with Crippen molar-refractivity contribution in [2.24, 2.45) is 0 Å². The molecule has 0 saturated heterocycles. The Morgan fingerprint density at radius 1 is 0.929 bits per heavy atom. The average Bonchev–Trinajstić information content (AvgIpc) is 2.65. The van der Waals surface area contributed by atoms with E-state index in [-0.39, 0.29) is 12.2 Å². The van der Waals surface area contributed by atoms with Gasteiger partial charge in [0.1, 0.15) is 11.5 Å². The topological polar surface area (TPSA) is 82.1 Å². The molecule has 10 heteroatoms. The van der Waals surface area contributed by atoms with Crippen molar-refractivity contribution in [2.75, 3.05) is 6.61 Å². The van der Waals surface area contributed by atoms with Gasteiger partial charge in [-0.1, -0.05) is 12.1 Å². The SMILES string of the molecule is O=C(OCC(=O)c1ccc(OC(F)F)cc1OC(F)F)c1ccc(CO)cc1. The zero-order chi connectivity index (χ0) is 20.7. The van der Waals surface area contributed by atoms with Crippen LogP contribution in [0.1, 0.15) is 26.3 Å². The van der Waals surface area contributed by atoms with E-state index in [0.717, 1.165) is 12.1 Å². The van der Waals surface area contributed by atoms with Gasteiger partial charge in [0.15, 0.2) is 6.61 Å². The fraction of sp³-hybridized carbons (Fsp3) is 0.222. The molecule has 1 N–H and O–H groups in total. The van der Waals surface area contributed by atoms with Gasteiger partial charge in [0, 0.05) is 6.07 Å². The minimum Gasteiger partial charge on any atom is -0.454 e. The Morgan fingerprint density at radius 2 is 1.57 bits per heavy atom. The van der Waals surface area contributed by atoms with E-state index < -0.39 is 48.6 Å². The molecule has 2 aromatic carbocycles. The van der Waals surface area contributed by atoms with Crippen molar-refractivity contribution in [1.29, 1.82) is 0 Å². The summed E-state index contributed by atoms with van der Waals surface area (Å²) in [5, 5.41) is 8.95. The molecular weight excluding hydrogens is 388 g/mol. The molecule has 0 aromatic heterocycles. The van der Waals surface area contributed by atoms with Crippen LogP contribution >= 0.6 is 0 Å². The van der Waals surface area contributed by atoms with Gasteiger partial charge < -0.3 is 19.3 Å². The van der Waals surface area contributed by atoms with E-state index in [9.17, 15) is 27.2 Å². The second-order valence-corrected chi connectivity index (χ2v) is 5.27. The maximum Gasteiger partial charge on any atom is 0.387 e. The molecule has 150 valence electrons. The highest BCUT2D eigenvalue weighted by Gasteiger charge is 2.20. The lowest BCUT2D eigenvalue weighted by Crippen LogP contribution is -2.16. The molecule has 0 atom stereocenters. The minimum absolute atomic E-state index is 0.106. The van der Waals surface area contributed by atoms with Gasteiger partial charge >= 0.3 is 19.2 Å². The van der Waals surface area contributed by atoms with Gasteiger partial charge in [-0.15, -0.1) is 0 Å². The van der Waals surface area contributed by atoms with Crippen molar-refractivity contribution in [3.05, 3.63) is 59.2 Å². The Morgan fingerprint density at radius 3 is 2.14 bits per heavy atom. The summed E-state index contributed by atoms with van der Waals surface area (Å²) in [6.45, 7) is -7.53. The number of ketones is 1. The molecule has 6 nitrogen and oxygen atoms in total. The smallest absolute Gasteiger partial charge is 0.387 e. The lowest BCUT2D eigenvalue weighted by molar-refractivity contribution is -0.0545. The molecule has 0 aliphatic carbocycles. The zero-order valence-corrected chi connectivity index (χ0v) is 14.1. The summed E-state index contributed by atoms with van der Waals surface area (Å²) in [5.74, 6) is -2.92. The standard InChI is InChI=1S/C18H14F4O6/c19-17(20)27-12-5-6-13(15(7-12)28-18(21)22)14(24)9-26-16(25)11-3-1-10(8-23)2-4-11/h1-7,17-18,23H,8-9H2. The van der Waals surface area contributed by atoms with Crippen LogP contribution in [0.5, 0.6) is 11.5 Å². The molecule has 0 saturated carbocycles. The molecule has 0 unspecified atom stereocenters. The number of hydrogen-bond acceptors (Lipinski definition) is 6. The predicted molar refractivity (Wildman–Crippen MR) is 86.7 cm³/mol. The van der Waals surface area contributed by atoms with Crippen LogP contribution in [0, 0.1) is 0 Å². The lowest BCUT2D eigenvalue weighted by atomic mass is 10.1. The quantitative estimate of drug-likeness (QED) is 0.393. The van der Waals surface area contributed by atoms with Gasteiger partial charge in [-0.3, -0.25) is 4.79 Å². The number of Topliss-reactive ketones (excluding diaryl/α,β-unsaturated/α-hetero) is 1. The summed E-state index contributed by atoms with van der Waals surface area (Å²) >= 11 is 0. The third-order valence-electron chi connectivity index (χ3n) is 3.40. The van der Waals surface area contributed by atoms with Crippen molar-refractivity contribution in [3.8, 4) is 11.5 Å². The monoisotopic (exact) mass is 402 g/mol. The number of aliphatic hydroxyl groups is 1. The Bertz CT molecular complexity index is 823. The number of alkyl halides is 4. The van der Waals surface area contributed by atoms with E-state index in [1.54, 1.807) is 0 Å². The molecule has 0 aliphatic rings. The second kappa shape index (κ2) is 9.70. The van der Waals surface area contributed by atoms with E-state index >= 15 is 0 Å². The van der Waals surface area contributed by atoms with Gasteiger partial charge in [-0.05, 0) is 29.8 Å². The maximum absolute atomic E-state index is 12.5. The number of halogens is 4. The van der Waals surface area contributed by atoms with Crippen molar-refractivity contribution in [2.45, 2.75) is 19.8 Å². The van der Waals surface area contributed by atoms with Gasteiger partial charge in [0.2, 0.25) is 5.78 Å². The molecule has 0 amide bonds. The van der Waals surface area contributed by atoms with Crippen LogP contribution in [0.25, 0.3) is 0 Å². The first-order valence-corrected chi connectivity index (χ1v) is 7.74. The van der Waals surface area contributed by atoms with Crippen LogP contribution in [0.3, 0.4) is 0 Å². The fourth-order valence-corrected chi connectivity index (χ4v) is 2.14. The van der Waals surface area contributed by atoms with Crippen LogP contribution in [0.4, 0.5) is 17.6 Å². The molecule has 0 radical (unpaired) electrons. The highest BCUT2D eigenvalue weighted by molar-refractivity contribution is 6.01. The summed E-state index contributed by atoms with van der Waals surface area (Å²) in [4.78, 5) is 24.1. The molecule has 2 aromatic rings. The third kappa shape index (κ3) is 5.95. The van der Waals surface area contributed by atoms with Crippen LogP contribution in [0.15, 0.2) is 42.5 Å². The number of hydrogen-bond donors (Lipinski definition) is 1. The van der Waals surface area contributed by atoms with Crippen LogP contribution < -0.4 is 9.47 Å². The lowest BCUT2D eigenvalue weighted by Gasteiger charge is -2.12. The average molecular weight is 402 g/mol. The molecule has 2 rings (SSSR count). The first kappa shape index (κ1) is 21.2. The first-order valence-electron chi connectivity index (χ1n) is 7.74. The summed E-state index contributed by atoms with van der Waals surface area (Å²) in [7, 11) is 0. The Labute approximate surface area is 156 Å². The maximum atomic E-state index is 12.5. The van der Waals surface area contributed by atoms with E-state index in [1.807, 2.05) is 0 Å². The van der Waals surface area contributed by atoms with Crippen LogP contribution in [-0.4, -0.2) is 36.7 Å². The van der Waals surface area contributed by atoms with Gasteiger partial charge in [-0.2, -0.15) is 17.6 Å². The summed E-state index contributed by atoms with van der Waals surface area (Å²) in [6, 6.07) is 8.33. The van der Waals surface area contributed by atoms with Crippen molar-refractivity contribution in [1.82, 2.24) is 0 Å². The molecule has 0 fully saturated rings. The summed E-state index contributed by atoms with van der Waals surface area (Å²) in [6.07, 6.45) is 0. The van der Waals surface area contributed by atoms with Crippen molar-refractivity contribution >= 4 is 11.8 Å². The summed E-state index contributed by atoms with van der Waals surface area (Å²) in [5.41, 5.74) is 0.271. The van der Waals surface area contributed by atoms with E-state index in [4.69, 9.17) is 9.84 Å². The molecule has 0 bridgehead atoms.